The van der Waals surface area contributed by atoms with Crippen molar-refractivity contribution in [1.82, 2.24) is 4.90 Å². The fourth-order valence-corrected chi connectivity index (χ4v) is 4.85. The highest BCUT2D eigenvalue weighted by Crippen LogP contribution is 2.36. The maximum atomic E-state index is 13.1. The highest BCUT2D eigenvalue weighted by molar-refractivity contribution is 8.18. The molecule has 0 atom stereocenters. The van der Waals surface area contributed by atoms with Gasteiger partial charge in [-0.1, -0.05) is 42.0 Å². The third-order valence-electron chi connectivity index (χ3n) is 5.79. The number of carbonyl (C=O) groups excluding carboxylic acids is 2. The van der Waals surface area contributed by atoms with E-state index in [1.165, 1.54) is 17.3 Å². The molecule has 1 aliphatic rings. The van der Waals surface area contributed by atoms with E-state index in [1.807, 2.05) is 50.3 Å². The number of rotatable bonds is 9. The highest BCUT2D eigenvalue weighted by Gasteiger charge is 2.32. The molecule has 1 saturated heterocycles. The Morgan fingerprint density at radius 2 is 1.82 bits per heavy atom. The first-order valence-corrected chi connectivity index (χ1v) is 13.2. The van der Waals surface area contributed by atoms with Gasteiger partial charge in [-0.3, -0.25) is 9.69 Å². The summed E-state index contributed by atoms with van der Waals surface area (Å²) in [6, 6.07) is 20.6. The molecule has 0 saturated carbocycles. The summed E-state index contributed by atoms with van der Waals surface area (Å²) in [5.74, 6) is 0.674. The number of hydrogen-bond donors (Lipinski definition) is 0. The average Bonchev–Trinajstić information content (AvgIpc) is 3.22. The van der Waals surface area contributed by atoms with Crippen molar-refractivity contribution >= 4 is 40.6 Å². The van der Waals surface area contributed by atoms with Gasteiger partial charge in [0, 0.05) is 6.54 Å². The number of nitrogens with zero attached hydrogens (tertiary/aromatic N) is 2. The first kappa shape index (κ1) is 27.0. The molecule has 3 aromatic rings. The fourth-order valence-electron chi connectivity index (χ4n) is 3.79. The van der Waals surface area contributed by atoms with E-state index >= 15 is 0 Å². The second-order valence-electron chi connectivity index (χ2n) is 8.51. The summed E-state index contributed by atoms with van der Waals surface area (Å²) in [5.41, 5.74) is 4.06. The predicted molar refractivity (Wildman–Crippen MR) is 151 cm³/mol. The molecule has 0 aromatic heterocycles. The van der Waals surface area contributed by atoms with Crippen LogP contribution >= 0.6 is 11.8 Å². The lowest BCUT2D eigenvalue weighted by atomic mass is 10.1. The van der Waals surface area contributed by atoms with Crippen LogP contribution in [0.3, 0.4) is 0 Å². The minimum Gasteiger partial charge on any atom is -0.493 e. The highest BCUT2D eigenvalue weighted by atomic mass is 32.2. The molecule has 1 amide bonds. The van der Waals surface area contributed by atoms with E-state index in [-0.39, 0.29) is 5.91 Å². The lowest BCUT2D eigenvalue weighted by molar-refractivity contribution is -0.122. The number of ether oxygens (including phenoxy) is 3. The molecule has 0 N–H and O–H groups in total. The number of esters is 1. The molecule has 0 unspecified atom stereocenters. The summed E-state index contributed by atoms with van der Waals surface area (Å²) in [5, 5.41) is 0.551. The normalized spacial score (nSPS) is 15.3. The van der Waals surface area contributed by atoms with E-state index in [2.05, 4.69) is 17.1 Å². The molecule has 0 bridgehead atoms. The minimum absolute atomic E-state index is 0.128. The van der Waals surface area contributed by atoms with Gasteiger partial charge in [0.15, 0.2) is 16.7 Å². The van der Waals surface area contributed by atoms with Crippen LogP contribution in [0.4, 0.5) is 5.69 Å². The van der Waals surface area contributed by atoms with Crippen molar-refractivity contribution in [2.75, 3.05) is 20.3 Å². The van der Waals surface area contributed by atoms with E-state index in [0.717, 1.165) is 11.1 Å². The Labute approximate surface area is 227 Å². The largest absolute Gasteiger partial charge is 0.493 e. The first-order chi connectivity index (χ1) is 18.4. The zero-order chi connectivity index (χ0) is 27.1. The van der Waals surface area contributed by atoms with Crippen LogP contribution in [0.5, 0.6) is 11.5 Å². The van der Waals surface area contributed by atoms with Gasteiger partial charge in [0.25, 0.3) is 5.91 Å². The third kappa shape index (κ3) is 6.44. The quantitative estimate of drug-likeness (QED) is 0.236. The van der Waals surface area contributed by atoms with E-state index in [0.29, 0.717) is 52.6 Å². The van der Waals surface area contributed by atoms with Gasteiger partial charge >= 0.3 is 5.97 Å². The number of carbonyl (C=O) groups is 2. The van der Waals surface area contributed by atoms with Crippen molar-refractivity contribution in [1.29, 1.82) is 0 Å². The van der Waals surface area contributed by atoms with Crippen molar-refractivity contribution in [2.45, 2.75) is 27.4 Å². The summed E-state index contributed by atoms with van der Waals surface area (Å²) in [6.07, 6.45) is 1.82. The van der Waals surface area contributed by atoms with Gasteiger partial charge in [-0.25, -0.2) is 9.79 Å². The molecule has 4 rings (SSSR count). The SMILES string of the molecule is CCOC(=O)c1cccc(N=C2SC(=Cc3ccc(OCc4ccc(C)cc4)c(OC)c3)C(=O)N2CC)c1. The second kappa shape index (κ2) is 12.5. The van der Waals surface area contributed by atoms with Gasteiger partial charge in [-0.05, 0) is 80.1 Å². The predicted octanol–water partition coefficient (Wildman–Crippen LogP) is 6.38. The summed E-state index contributed by atoms with van der Waals surface area (Å²) in [6.45, 7) is 6.89. The summed E-state index contributed by atoms with van der Waals surface area (Å²) < 4.78 is 16.6. The van der Waals surface area contributed by atoms with Crippen LogP contribution in [0.2, 0.25) is 0 Å². The third-order valence-corrected chi connectivity index (χ3v) is 6.79. The number of amides is 1. The van der Waals surface area contributed by atoms with Crippen molar-refractivity contribution < 1.29 is 23.8 Å². The molecule has 1 aliphatic heterocycles. The lowest BCUT2D eigenvalue weighted by Gasteiger charge is -2.12. The number of benzene rings is 3. The van der Waals surface area contributed by atoms with Crippen molar-refractivity contribution in [3.05, 3.63) is 93.9 Å². The molecule has 8 heteroatoms. The van der Waals surface area contributed by atoms with Crippen LogP contribution < -0.4 is 9.47 Å². The molecule has 3 aromatic carbocycles. The molecule has 0 aliphatic carbocycles. The Bertz CT molecular complexity index is 1380. The first-order valence-electron chi connectivity index (χ1n) is 12.4. The second-order valence-corrected chi connectivity index (χ2v) is 9.52. The summed E-state index contributed by atoms with van der Waals surface area (Å²) in [4.78, 5) is 32.0. The number of methoxy groups -OCH3 is 1. The van der Waals surface area contributed by atoms with Gasteiger partial charge in [-0.2, -0.15) is 0 Å². The van der Waals surface area contributed by atoms with E-state index in [9.17, 15) is 9.59 Å². The molecule has 1 heterocycles. The van der Waals surface area contributed by atoms with Crippen LogP contribution in [-0.4, -0.2) is 42.2 Å². The average molecular weight is 531 g/mol. The summed E-state index contributed by atoms with van der Waals surface area (Å²) in [7, 11) is 1.59. The van der Waals surface area contributed by atoms with E-state index < -0.39 is 5.97 Å². The number of likely N-dealkylation sites (N-methyl/N-ethyl adjacent to an activating group) is 1. The van der Waals surface area contributed by atoms with Crippen LogP contribution in [0.15, 0.2) is 76.6 Å². The van der Waals surface area contributed by atoms with Gasteiger partial charge in [0.05, 0.1) is 29.9 Å². The number of thioether (sulfide) groups is 1. The Morgan fingerprint density at radius 1 is 1.03 bits per heavy atom. The standard InChI is InChI=1S/C30H30N2O5S/c1-5-32-28(33)27(38-30(32)31-24-9-7-8-23(18-24)29(34)36-6-2)17-22-14-15-25(26(16-22)35-4)37-19-21-12-10-20(3)11-13-21/h7-18H,5-6,19H2,1-4H3. The van der Waals surface area contributed by atoms with Crippen molar-refractivity contribution in [2.24, 2.45) is 4.99 Å². The minimum atomic E-state index is -0.405. The van der Waals surface area contributed by atoms with Crippen LogP contribution in [0.1, 0.15) is 40.9 Å². The number of aliphatic imine (C=N–C) groups is 1. The summed E-state index contributed by atoms with van der Waals surface area (Å²) >= 11 is 1.29. The lowest BCUT2D eigenvalue weighted by Crippen LogP contribution is -2.28. The fraction of sp³-hybridized carbons (Fsp3) is 0.233. The molecule has 0 spiro atoms. The number of hydrogen-bond acceptors (Lipinski definition) is 7. The van der Waals surface area contributed by atoms with Crippen LogP contribution in [-0.2, 0) is 16.1 Å². The Balaban J connectivity index is 1.53. The smallest absolute Gasteiger partial charge is 0.338 e. The van der Waals surface area contributed by atoms with Gasteiger partial charge in [0.2, 0.25) is 0 Å². The van der Waals surface area contributed by atoms with Gasteiger partial charge in [0.1, 0.15) is 6.61 Å². The molecule has 7 nitrogen and oxygen atoms in total. The van der Waals surface area contributed by atoms with Crippen molar-refractivity contribution in [3.8, 4) is 11.5 Å². The van der Waals surface area contributed by atoms with Crippen LogP contribution in [0, 0.1) is 6.92 Å². The maximum Gasteiger partial charge on any atom is 0.338 e. The molecule has 196 valence electrons. The molecule has 0 radical (unpaired) electrons. The molecular weight excluding hydrogens is 500 g/mol. The number of amidine groups is 1. The van der Waals surface area contributed by atoms with E-state index in [1.54, 1.807) is 43.2 Å². The zero-order valence-electron chi connectivity index (χ0n) is 21.9. The van der Waals surface area contributed by atoms with Gasteiger partial charge in [-0.15, -0.1) is 0 Å². The Morgan fingerprint density at radius 3 is 2.53 bits per heavy atom. The van der Waals surface area contributed by atoms with Crippen molar-refractivity contribution in [3.63, 3.8) is 0 Å². The van der Waals surface area contributed by atoms with Crippen LogP contribution in [0.25, 0.3) is 6.08 Å². The zero-order valence-corrected chi connectivity index (χ0v) is 22.7. The topological polar surface area (TPSA) is 77.4 Å². The molecule has 38 heavy (non-hydrogen) atoms. The monoisotopic (exact) mass is 530 g/mol. The van der Waals surface area contributed by atoms with Gasteiger partial charge < -0.3 is 14.2 Å². The Hall–Kier alpha value is -4.04. The number of aryl methyl sites for hydroxylation is 1. The van der Waals surface area contributed by atoms with E-state index in [4.69, 9.17) is 14.2 Å². The molecular formula is C30H30N2O5S. The maximum absolute atomic E-state index is 13.1. The Kier molecular flexibility index (Phi) is 8.86. The molecule has 1 fully saturated rings.